The number of alkyl halides is 3. The van der Waals surface area contributed by atoms with Crippen LogP contribution in [0.25, 0.3) is 0 Å². The molecule has 2 aliphatic carbocycles. The molecule has 0 unspecified atom stereocenters. The van der Waals surface area contributed by atoms with E-state index in [1.807, 2.05) is 0 Å². The van der Waals surface area contributed by atoms with Gasteiger partial charge in [-0.2, -0.15) is 13.2 Å². The van der Waals surface area contributed by atoms with E-state index >= 15 is 0 Å². The standard InChI is InChI=1S/C15H18F3N/c16-15(17,18)13-4-2-1-3-11(13)9-19-10-14(7-8-14)12-5-6-12/h1-4,12,19H,5-10H2. The van der Waals surface area contributed by atoms with Crippen LogP contribution in [0.2, 0.25) is 0 Å². The van der Waals surface area contributed by atoms with Gasteiger partial charge in [0, 0.05) is 13.1 Å². The van der Waals surface area contributed by atoms with Gasteiger partial charge in [-0.25, -0.2) is 0 Å². The zero-order valence-electron chi connectivity index (χ0n) is 10.8. The van der Waals surface area contributed by atoms with Crippen molar-refractivity contribution in [3.05, 3.63) is 35.4 Å². The van der Waals surface area contributed by atoms with Crippen LogP contribution >= 0.6 is 0 Å². The van der Waals surface area contributed by atoms with Crippen LogP contribution in [0.15, 0.2) is 24.3 Å². The number of hydrogen-bond donors (Lipinski definition) is 1. The van der Waals surface area contributed by atoms with Gasteiger partial charge >= 0.3 is 6.18 Å². The molecule has 1 nitrogen and oxygen atoms in total. The summed E-state index contributed by atoms with van der Waals surface area (Å²) in [5.74, 6) is 0.831. The highest BCUT2D eigenvalue weighted by Crippen LogP contribution is 2.60. The fraction of sp³-hybridized carbons (Fsp3) is 0.600. The molecule has 2 aliphatic rings. The van der Waals surface area contributed by atoms with E-state index in [0.29, 0.717) is 17.5 Å². The van der Waals surface area contributed by atoms with Crippen LogP contribution in [0, 0.1) is 11.3 Å². The number of rotatable bonds is 5. The lowest BCUT2D eigenvalue weighted by atomic mass is 10.0. The van der Waals surface area contributed by atoms with Crippen LogP contribution in [0.1, 0.15) is 36.8 Å². The van der Waals surface area contributed by atoms with Crippen LogP contribution in [0.4, 0.5) is 13.2 Å². The van der Waals surface area contributed by atoms with E-state index in [-0.39, 0.29) is 0 Å². The van der Waals surface area contributed by atoms with Crippen molar-refractivity contribution in [1.29, 1.82) is 0 Å². The van der Waals surface area contributed by atoms with E-state index in [1.54, 1.807) is 12.1 Å². The summed E-state index contributed by atoms with van der Waals surface area (Å²) in [7, 11) is 0. The molecule has 3 rings (SSSR count). The molecule has 0 spiro atoms. The second-order valence-electron chi connectivity index (χ2n) is 5.90. The van der Waals surface area contributed by atoms with Gasteiger partial charge in [0.05, 0.1) is 5.56 Å². The third-order valence-electron chi connectivity index (χ3n) is 4.45. The Hall–Kier alpha value is -1.03. The molecule has 1 aromatic carbocycles. The van der Waals surface area contributed by atoms with Crippen molar-refractivity contribution in [3.63, 3.8) is 0 Å². The van der Waals surface area contributed by atoms with Gasteiger partial charge in [0.1, 0.15) is 0 Å². The molecule has 0 aliphatic heterocycles. The van der Waals surface area contributed by atoms with Gasteiger partial charge in [0.2, 0.25) is 0 Å². The molecule has 1 N–H and O–H groups in total. The van der Waals surface area contributed by atoms with Crippen LogP contribution in [0.5, 0.6) is 0 Å². The van der Waals surface area contributed by atoms with Crippen molar-refractivity contribution in [1.82, 2.24) is 5.32 Å². The first-order valence-corrected chi connectivity index (χ1v) is 6.87. The minimum atomic E-state index is -4.26. The Balaban J connectivity index is 1.61. The summed E-state index contributed by atoms with van der Waals surface area (Å²) >= 11 is 0. The largest absolute Gasteiger partial charge is 0.416 e. The molecule has 0 aromatic heterocycles. The molecule has 1 aromatic rings. The van der Waals surface area contributed by atoms with Crippen LogP contribution in [0.3, 0.4) is 0 Å². The molecule has 19 heavy (non-hydrogen) atoms. The van der Waals surface area contributed by atoms with Crippen molar-refractivity contribution in [3.8, 4) is 0 Å². The number of hydrogen-bond acceptors (Lipinski definition) is 1. The zero-order chi connectivity index (χ0) is 13.5. The number of benzene rings is 1. The van der Waals surface area contributed by atoms with Gasteiger partial charge in [-0.15, -0.1) is 0 Å². The summed E-state index contributed by atoms with van der Waals surface area (Å²) in [5.41, 5.74) is 0.257. The fourth-order valence-electron chi connectivity index (χ4n) is 2.98. The minimum absolute atomic E-state index is 0.310. The summed E-state index contributed by atoms with van der Waals surface area (Å²) in [4.78, 5) is 0. The van der Waals surface area contributed by atoms with E-state index in [2.05, 4.69) is 5.32 Å². The second kappa shape index (κ2) is 4.51. The minimum Gasteiger partial charge on any atom is -0.312 e. The average molecular weight is 269 g/mol. The maximum Gasteiger partial charge on any atom is 0.416 e. The maximum atomic E-state index is 12.8. The Morgan fingerprint density at radius 1 is 1.16 bits per heavy atom. The topological polar surface area (TPSA) is 12.0 Å². The van der Waals surface area contributed by atoms with Gasteiger partial charge in [-0.05, 0) is 48.6 Å². The molecule has 0 atom stereocenters. The van der Waals surface area contributed by atoms with Gasteiger partial charge < -0.3 is 5.32 Å². The van der Waals surface area contributed by atoms with E-state index < -0.39 is 11.7 Å². The summed E-state index contributed by atoms with van der Waals surface area (Å²) in [6.07, 6.45) is 0.838. The van der Waals surface area contributed by atoms with Crippen LogP contribution in [-0.2, 0) is 12.7 Å². The molecule has 0 bridgehead atoms. The molecular weight excluding hydrogens is 251 g/mol. The first-order valence-electron chi connectivity index (χ1n) is 6.87. The number of halogens is 3. The molecular formula is C15H18F3N. The van der Waals surface area contributed by atoms with Gasteiger partial charge in [-0.1, -0.05) is 18.2 Å². The Kier molecular flexibility index (Phi) is 3.08. The Bertz CT molecular complexity index is 459. The third kappa shape index (κ3) is 2.78. The second-order valence-corrected chi connectivity index (χ2v) is 5.90. The first kappa shape index (κ1) is 13.0. The van der Waals surface area contributed by atoms with Crippen LogP contribution in [-0.4, -0.2) is 6.54 Å². The quantitative estimate of drug-likeness (QED) is 0.852. The van der Waals surface area contributed by atoms with Crippen molar-refractivity contribution in [2.75, 3.05) is 6.54 Å². The predicted molar refractivity (Wildman–Crippen MR) is 67.5 cm³/mol. The van der Waals surface area contributed by atoms with Gasteiger partial charge in [0.15, 0.2) is 0 Å². The lowest BCUT2D eigenvalue weighted by molar-refractivity contribution is -0.138. The molecule has 0 amide bonds. The summed E-state index contributed by atoms with van der Waals surface area (Å²) in [5, 5.41) is 3.24. The monoisotopic (exact) mass is 269 g/mol. The third-order valence-corrected chi connectivity index (χ3v) is 4.45. The van der Waals surface area contributed by atoms with Crippen molar-refractivity contribution < 1.29 is 13.2 Å². The van der Waals surface area contributed by atoms with Gasteiger partial charge in [-0.3, -0.25) is 0 Å². The van der Waals surface area contributed by atoms with E-state index in [4.69, 9.17) is 0 Å². The highest BCUT2D eigenvalue weighted by Gasteiger charge is 2.53. The molecule has 0 saturated heterocycles. The molecule has 2 fully saturated rings. The summed E-state index contributed by atoms with van der Waals surface area (Å²) in [6.45, 7) is 1.17. The van der Waals surface area contributed by atoms with Crippen molar-refractivity contribution >= 4 is 0 Å². The van der Waals surface area contributed by atoms with Crippen molar-refractivity contribution in [2.45, 2.75) is 38.4 Å². The zero-order valence-corrected chi connectivity index (χ0v) is 10.8. The Morgan fingerprint density at radius 2 is 1.84 bits per heavy atom. The summed E-state index contributed by atoms with van der Waals surface area (Å²) < 4.78 is 38.5. The lowest BCUT2D eigenvalue weighted by Crippen LogP contribution is -2.26. The smallest absolute Gasteiger partial charge is 0.312 e. The van der Waals surface area contributed by atoms with Gasteiger partial charge in [0.25, 0.3) is 0 Å². The molecule has 2 saturated carbocycles. The predicted octanol–water partition coefficient (Wildman–Crippen LogP) is 3.99. The first-order chi connectivity index (χ1) is 9.01. The van der Waals surface area contributed by atoms with E-state index in [9.17, 15) is 13.2 Å². The Labute approximate surface area is 111 Å². The SMILES string of the molecule is FC(F)(F)c1ccccc1CNCC1(C2CC2)CC1. The average Bonchev–Trinajstić information content (AvgIpc) is 3.22. The van der Waals surface area contributed by atoms with Crippen LogP contribution < -0.4 is 5.32 Å². The lowest BCUT2D eigenvalue weighted by Gasteiger charge is -2.17. The molecule has 0 radical (unpaired) electrons. The fourth-order valence-corrected chi connectivity index (χ4v) is 2.98. The highest BCUT2D eigenvalue weighted by atomic mass is 19.4. The molecule has 0 heterocycles. The highest BCUT2D eigenvalue weighted by molar-refractivity contribution is 5.29. The van der Waals surface area contributed by atoms with E-state index in [0.717, 1.165) is 18.5 Å². The molecule has 4 heteroatoms. The van der Waals surface area contributed by atoms with E-state index in [1.165, 1.54) is 31.7 Å². The molecule has 104 valence electrons. The van der Waals surface area contributed by atoms with Crippen molar-refractivity contribution in [2.24, 2.45) is 11.3 Å². The number of nitrogens with one attached hydrogen (secondary N) is 1. The summed E-state index contributed by atoms with van der Waals surface area (Å²) in [6, 6.07) is 5.83. The Morgan fingerprint density at radius 3 is 2.42 bits per heavy atom. The normalized spacial score (nSPS) is 21.4. The maximum absolute atomic E-state index is 12.8.